The number of carbonyl (C=O) groups excluding carboxylic acids is 2. The second-order valence-electron chi connectivity index (χ2n) is 6.56. The molecule has 0 saturated carbocycles. The van der Waals surface area contributed by atoms with Crippen LogP contribution in [0.1, 0.15) is 26.7 Å². The van der Waals surface area contributed by atoms with E-state index in [0.717, 1.165) is 0 Å². The molecule has 1 aliphatic heterocycles. The molecule has 2 rings (SSSR count). The van der Waals surface area contributed by atoms with Crippen molar-refractivity contribution < 1.29 is 22.7 Å². The molecule has 1 N–H and O–H groups in total. The second-order valence-corrected chi connectivity index (χ2v) is 9.25. The third-order valence-corrected chi connectivity index (χ3v) is 6.99. The van der Waals surface area contributed by atoms with E-state index in [1.807, 2.05) is 13.8 Å². The largest absolute Gasteiger partial charge is 0.455 e. The van der Waals surface area contributed by atoms with Crippen LogP contribution < -0.4 is 5.32 Å². The smallest absolute Gasteiger partial charge is 0.309 e. The molecule has 0 unspecified atom stereocenters. The minimum Gasteiger partial charge on any atom is -0.455 e. The molecule has 0 atom stereocenters. The fraction of sp³-hybridized carbons (Fsp3) is 0.529. The van der Waals surface area contributed by atoms with Gasteiger partial charge < -0.3 is 10.1 Å². The lowest BCUT2D eigenvalue weighted by Gasteiger charge is -2.30. The summed E-state index contributed by atoms with van der Waals surface area (Å²) in [7, 11) is -3.80. The summed E-state index contributed by atoms with van der Waals surface area (Å²) >= 11 is 11.9. The number of nitrogens with one attached hydrogen (secondary N) is 1. The van der Waals surface area contributed by atoms with E-state index in [1.54, 1.807) is 0 Å². The van der Waals surface area contributed by atoms with Gasteiger partial charge in [-0.3, -0.25) is 9.59 Å². The first kappa shape index (κ1) is 21.9. The standard InChI is InChI=1S/C17H22Cl2N2O5S/c1-11(2)20-15(22)10-26-17(23)12-6-8-21(9-7-12)27(24,25)14-5-3-4-13(18)16(14)19/h3-5,11-12H,6-10H2,1-2H3,(H,20,22). The van der Waals surface area contributed by atoms with Gasteiger partial charge in [0.15, 0.2) is 6.61 Å². The van der Waals surface area contributed by atoms with E-state index < -0.39 is 21.9 Å². The summed E-state index contributed by atoms with van der Waals surface area (Å²) in [4.78, 5) is 23.6. The molecular formula is C17H22Cl2N2O5S. The summed E-state index contributed by atoms with van der Waals surface area (Å²) in [6.07, 6.45) is 0.615. The number of rotatable bonds is 6. The van der Waals surface area contributed by atoms with Gasteiger partial charge in [-0.1, -0.05) is 29.3 Å². The molecule has 1 aliphatic rings. The number of carbonyl (C=O) groups is 2. The van der Waals surface area contributed by atoms with Gasteiger partial charge in [0, 0.05) is 19.1 Å². The van der Waals surface area contributed by atoms with Gasteiger partial charge in [0.05, 0.1) is 16.0 Å². The van der Waals surface area contributed by atoms with Gasteiger partial charge >= 0.3 is 5.97 Å². The SMILES string of the molecule is CC(C)NC(=O)COC(=O)C1CCN(S(=O)(=O)c2cccc(Cl)c2Cl)CC1. The van der Waals surface area contributed by atoms with Crippen LogP contribution in [0.5, 0.6) is 0 Å². The van der Waals surface area contributed by atoms with Crippen LogP contribution in [0.25, 0.3) is 0 Å². The van der Waals surface area contributed by atoms with E-state index in [2.05, 4.69) is 5.32 Å². The van der Waals surface area contributed by atoms with Crippen LogP contribution in [0.3, 0.4) is 0 Å². The second kappa shape index (κ2) is 9.23. The molecule has 1 saturated heterocycles. The molecule has 7 nitrogen and oxygen atoms in total. The number of amides is 1. The number of piperidine rings is 1. The van der Waals surface area contributed by atoms with Gasteiger partial charge in [0.1, 0.15) is 4.90 Å². The van der Waals surface area contributed by atoms with E-state index in [9.17, 15) is 18.0 Å². The first-order valence-corrected chi connectivity index (χ1v) is 10.7. The Balaban J connectivity index is 1.93. The number of hydrogen-bond acceptors (Lipinski definition) is 5. The van der Waals surface area contributed by atoms with Crippen LogP contribution in [0.4, 0.5) is 0 Å². The van der Waals surface area contributed by atoms with Crippen LogP contribution in [0.15, 0.2) is 23.1 Å². The van der Waals surface area contributed by atoms with E-state index in [1.165, 1.54) is 22.5 Å². The highest BCUT2D eigenvalue weighted by Crippen LogP contribution is 2.32. The van der Waals surface area contributed by atoms with Gasteiger partial charge in [-0.15, -0.1) is 0 Å². The first-order valence-electron chi connectivity index (χ1n) is 8.53. The molecule has 27 heavy (non-hydrogen) atoms. The maximum Gasteiger partial charge on any atom is 0.309 e. The number of esters is 1. The average molecular weight is 437 g/mol. The Morgan fingerprint density at radius 2 is 1.89 bits per heavy atom. The lowest BCUT2D eigenvalue weighted by molar-refractivity contribution is -0.153. The van der Waals surface area contributed by atoms with Crippen molar-refractivity contribution in [2.75, 3.05) is 19.7 Å². The van der Waals surface area contributed by atoms with Gasteiger partial charge in [0.2, 0.25) is 10.0 Å². The Labute approximate surface area is 169 Å². The van der Waals surface area contributed by atoms with Crippen molar-refractivity contribution >= 4 is 45.1 Å². The molecule has 1 heterocycles. The van der Waals surface area contributed by atoms with E-state index in [-0.39, 0.29) is 46.6 Å². The van der Waals surface area contributed by atoms with Crippen molar-refractivity contribution in [3.05, 3.63) is 28.2 Å². The maximum atomic E-state index is 12.8. The molecule has 0 bridgehead atoms. The third-order valence-electron chi connectivity index (χ3n) is 4.12. The minimum atomic E-state index is -3.80. The van der Waals surface area contributed by atoms with E-state index in [0.29, 0.717) is 12.8 Å². The molecule has 1 amide bonds. The molecule has 0 aliphatic carbocycles. The van der Waals surface area contributed by atoms with Crippen molar-refractivity contribution in [3.8, 4) is 0 Å². The van der Waals surface area contributed by atoms with E-state index in [4.69, 9.17) is 27.9 Å². The monoisotopic (exact) mass is 436 g/mol. The number of hydrogen-bond donors (Lipinski definition) is 1. The topological polar surface area (TPSA) is 92.8 Å². The van der Waals surface area contributed by atoms with Gasteiger partial charge in [-0.25, -0.2) is 8.42 Å². The summed E-state index contributed by atoms with van der Waals surface area (Å²) in [6, 6.07) is 4.40. The van der Waals surface area contributed by atoms with Crippen LogP contribution in [0, 0.1) is 5.92 Å². The van der Waals surface area contributed by atoms with Crippen LogP contribution in [-0.4, -0.2) is 50.3 Å². The summed E-state index contributed by atoms with van der Waals surface area (Å²) in [6.45, 7) is 3.59. The zero-order valence-electron chi connectivity index (χ0n) is 15.1. The highest BCUT2D eigenvalue weighted by molar-refractivity contribution is 7.89. The minimum absolute atomic E-state index is 0.0168. The quantitative estimate of drug-likeness (QED) is 0.691. The Hall–Kier alpha value is -1.35. The van der Waals surface area contributed by atoms with Crippen molar-refractivity contribution in [1.29, 1.82) is 0 Å². The van der Waals surface area contributed by atoms with Crippen LogP contribution >= 0.6 is 23.2 Å². The molecule has 1 fully saturated rings. The zero-order chi connectivity index (χ0) is 20.2. The predicted octanol–water partition coefficient (Wildman–Crippen LogP) is 2.46. The summed E-state index contributed by atoms with van der Waals surface area (Å²) < 4.78 is 31.8. The Kier molecular flexibility index (Phi) is 7.50. The summed E-state index contributed by atoms with van der Waals surface area (Å²) in [5.41, 5.74) is 0. The zero-order valence-corrected chi connectivity index (χ0v) is 17.4. The molecule has 1 aromatic carbocycles. The van der Waals surface area contributed by atoms with Crippen molar-refractivity contribution in [3.63, 3.8) is 0 Å². The molecule has 150 valence electrons. The van der Waals surface area contributed by atoms with Gasteiger partial charge in [-0.05, 0) is 38.8 Å². The Bertz CT molecular complexity index is 806. The van der Waals surface area contributed by atoms with Crippen LogP contribution in [-0.2, 0) is 24.3 Å². The van der Waals surface area contributed by atoms with Crippen molar-refractivity contribution in [2.45, 2.75) is 37.6 Å². The Morgan fingerprint density at radius 1 is 1.26 bits per heavy atom. The average Bonchev–Trinajstić information content (AvgIpc) is 2.61. The molecule has 1 aromatic rings. The number of ether oxygens (including phenoxy) is 1. The third kappa shape index (κ3) is 5.57. The van der Waals surface area contributed by atoms with Gasteiger partial charge in [-0.2, -0.15) is 4.31 Å². The number of benzene rings is 1. The fourth-order valence-electron chi connectivity index (χ4n) is 2.77. The predicted molar refractivity (Wildman–Crippen MR) is 102 cm³/mol. The summed E-state index contributed by atoms with van der Waals surface area (Å²) in [5, 5.41) is 2.78. The lowest BCUT2D eigenvalue weighted by atomic mass is 9.98. The molecule has 0 aromatic heterocycles. The lowest BCUT2D eigenvalue weighted by Crippen LogP contribution is -2.41. The highest BCUT2D eigenvalue weighted by atomic mass is 35.5. The first-order chi connectivity index (χ1) is 12.6. The van der Waals surface area contributed by atoms with E-state index >= 15 is 0 Å². The van der Waals surface area contributed by atoms with Gasteiger partial charge in [0.25, 0.3) is 5.91 Å². The van der Waals surface area contributed by atoms with Crippen molar-refractivity contribution in [2.24, 2.45) is 5.92 Å². The number of halogens is 2. The Morgan fingerprint density at radius 3 is 2.48 bits per heavy atom. The normalized spacial score (nSPS) is 16.3. The number of nitrogens with zero attached hydrogens (tertiary/aromatic N) is 1. The molecular weight excluding hydrogens is 415 g/mol. The fourth-order valence-corrected chi connectivity index (χ4v) is 4.98. The molecule has 10 heteroatoms. The maximum absolute atomic E-state index is 12.8. The molecule has 0 radical (unpaired) electrons. The molecule has 0 spiro atoms. The summed E-state index contributed by atoms with van der Waals surface area (Å²) in [5.74, 6) is -1.31. The highest BCUT2D eigenvalue weighted by Gasteiger charge is 2.34. The van der Waals surface area contributed by atoms with Crippen LogP contribution in [0.2, 0.25) is 10.0 Å². The number of sulfonamides is 1. The van der Waals surface area contributed by atoms with Crippen molar-refractivity contribution in [1.82, 2.24) is 9.62 Å².